The summed E-state index contributed by atoms with van der Waals surface area (Å²) in [5.74, 6) is 1.04. The predicted molar refractivity (Wildman–Crippen MR) is 107 cm³/mol. The van der Waals surface area contributed by atoms with Crippen LogP contribution in [0.15, 0.2) is 60.0 Å². The van der Waals surface area contributed by atoms with Crippen molar-refractivity contribution in [3.8, 4) is 5.75 Å². The van der Waals surface area contributed by atoms with Gasteiger partial charge in [0.2, 0.25) is 0 Å². The molecule has 0 saturated heterocycles. The van der Waals surface area contributed by atoms with Gasteiger partial charge in [-0.15, -0.1) is 11.3 Å². The van der Waals surface area contributed by atoms with Crippen LogP contribution in [-0.2, 0) is 0 Å². The lowest BCUT2D eigenvalue weighted by Gasteiger charge is -2.27. The Bertz CT molecular complexity index is 802. The molecule has 2 atom stereocenters. The smallest absolute Gasteiger partial charge is 0.182 e. The molecule has 1 heterocycles. The summed E-state index contributed by atoms with van der Waals surface area (Å²) < 4.78 is 5.31. The Labute approximate surface area is 158 Å². The van der Waals surface area contributed by atoms with E-state index in [-0.39, 0.29) is 18.4 Å². The molecule has 0 spiro atoms. The van der Waals surface area contributed by atoms with E-state index >= 15 is 0 Å². The van der Waals surface area contributed by atoms with Crippen LogP contribution in [0.25, 0.3) is 0 Å². The van der Waals surface area contributed by atoms with Crippen molar-refractivity contribution in [2.75, 3.05) is 26.1 Å². The Balaban J connectivity index is 2.07. The Morgan fingerprint density at radius 1 is 1.08 bits per heavy atom. The Kier molecular flexibility index (Phi) is 6.26. The lowest BCUT2D eigenvalue weighted by atomic mass is 9.78. The molecule has 0 fully saturated rings. The molecule has 1 aromatic heterocycles. The summed E-state index contributed by atoms with van der Waals surface area (Å²) in [6.07, 6.45) is 0.674. The van der Waals surface area contributed by atoms with Crippen LogP contribution in [0, 0.1) is 0 Å². The minimum Gasteiger partial charge on any atom is -0.497 e. The molecule has 0 amide bonds. The van der Waals surface area contributed by atoms with Gasteiger partial charge < -0.3 is 15.2 Å². The maximum Gasteiger partial charge on any atom is 0.182 e. The number of nitrogens with one attached hydrogen (secondary N) is 1. The van der Waals surface area contributed by atoms with Gasteiger partial charge in [0.05, 0.1) is 12.8 Å². The van der Waals surface area contributed by atoms with E-state index in [0.717, 1.165) is 16.6 Å². The number of nitrogens with zero attached hydrogens (tertiary/aromatic N) is 1. The van der Waals surface area contributed by atoms with Crippen molar-refractivity contribution < 1.29 is 9.84 Å². The second-order valence-corrected chi connectivity index (χ2v) is 6.97. The standard InChI is InChI=1S/C21H24N2O2S/c1-22-21-23-19(14-26-21)20(16-8-10-17(25-2)11-9-16)18(12-13-24)15-6-4-3-5-7-15/h3-11,14,18,20,24H,12-13H2,1-2H3,(H,22,23). The van der Waals surface area contributed by atoms with Crippen molar-refractivity contribution in [2.45, 2.75) is 18.3 Å². The van der Waals surface area contributed by atoms with Crippen LogP contribution in [0.3, 0.4) is 0 Å². The zero-order chi connectivity index (χ0) is 18.4. The molecular formula is C21H24N2O2S. The number of anilines is 1. The van der Waals surface area contributed by atoms with Crippen molar-refractivity contribution in [1.82, 2.24) is 4.98 Å². The number of benzene rings is 2. The summed E-state index contributed by atoms with van der Waals surface area (Å²) in [7, 11) is 3.55. The highest BCUT2D eigenvalue weighted by Gasteiger charge is 2.28. The molecule has 2 aromatic carbocycles. The normalized spacial score (nSPS) is 13.2. The Morgan fingerprint density at radius 3 is 2.38 bits per heavy atom. The highest BCUT2D eigenvalue weighted by atomic mass is 32.1. The first-order valence-electron chi connectivity index (χ1n) is 8.69. The average molecular weight is 369 g/mol. The fourth-order valence-corrected chi connectivity index (χ4v) is 4.04. The van der Waals surface area contributed by atoms with Gasteiger partial charge >= 0.3 is 0 Å². The summed E-state index contributed by atoms with van der Waals surface area (Å²) in [4.78, 5) is 4.77. The maximum atomic E-state index is 9.72. The largest absolute Gasteiger partial charge is 0.497 e. The summed E-state index contributed by atoms with van der Waals surface area (Å²) in [5, 5.41) is 15.8. The van der Waals surface area contributed by atoms with Gasteiger partial charge in [-0.2, -0.15) is 0 Å². The Hall–Kier alpha value is -2.37. The van der Waals surface area contributed by atoms with Gasteiger partial charge in [-0.25, -0.2) is 4.98 Å². The quantitative estimate of drug-likeness (QED) is 0.615. The van der Waals surface area contributed by atoms with Crippen molar-refractivity contribution in [3.63, 3.8) is 0 Å². The zero-order valence-electron chi connectivity index (χ0n) is 15.1. The highest BCUT2D eigenvalue weighted by molar-refractivity contribution is 7.13. The van der Waals surface area contributed by atoms with Crippen LogP contribution in [-0.4, -0.2) is 30.9 Å². The van der Waals surface area contributed by atoms with Gasteiger partial charge in [0.1, 0.15) is 5.75 Å². The molecule has 2 N–H and O–H groups in total. The number of hydrogen-bond acceptors (Lipinski definition) is 5. The molecule has 0 bridgehead atoms. The van der Waals surface area contributed by atoms with Crippen LogP contribution in [0.2, 0.25) is 0 Å². The third kappa shape index (κ3) is 4.06. The summed E-state index contributed by atoms with van der Waals surface area (Å²) in [5.41, 5.74) is 3.40. The number of aliphatic hydroxyl groups is 1. The molecule has 4 nitrogen and oxygen atoms in total. The lowest BCUT2D eigenvalue weighted by Crippen LogP contribution is -2.15. The number of aliphatic hydroxyl groups excluding tert-OH is 1. The third-order valence-electron chi connectivity index (χ3n) is 4.60. The van der Waals surface area contributed by atoms with E-state index in [2.05, 4.69) is 35.0 Å². The minimum atomic E-state index is 0.0637. The second-order valence-electron chi connectivity index (χ2n) is 6.11. The second kappa shape index (κ2) is 8.83. The molecular weight excluding hydrogens is 344 g/mol. The summed E-state index contributed by atoms with van der Waals surface area (Å²) >= 11 is 1.60. The molecule has 26 heavy (non-hydrogen) atoms. The number of thiazole rings is 1. The first-order valence-corrected chi connectivity index (χ1v) is 9.57. The molecule has 2 unspecified atom stereocenters. The van der Waals surface area contributed by atoms with Crippen molar-refractivity contribution in [1.29, 1.82) is 0 Å². The number of methoxy groups -OCH3 is 1. The van der Waals surface area contributed by atoms with E-state index in [0.29, 0.717) is 6.42 Å². The van der Waals surface area contributed by atoms with Crippen LogP contribution >= 0.6 is 11.3 Å². The predicted octanol–water partition coefficient (Wildman–Crippen LogP) is 4.49. The number of rotatable bonds is 8. The summed E-state index contributed by atoms with van der Waals surface area (Å²) in [6.45, 7) is 0.134. The zero-order valence-corrected chi connectivity index (χ0v) is 15.9. The number of hydrogen-bond donors (Lipinski definition) is 2. The van der Waals surface area contributed by atoms with Crippen molar-refractivity contribution in [2.24, 2.45) is 0 Å². The fraction of sp³-hybridized carbons (Fsp3) is 0.286. The first kappa shape index (κ1) is 18.4. The van der Waals surface area contributed by atoms with Gasteiger partial charge in [-0.1, -0.05) is 42.5 Å². The number of aromatic nitrogens is 1. The van der Waals surface area contributed by atoms with E-state index in [1.807, 2.05) is 37.4 Å². The molecule has 0 saturated carbocycles. The molecule has 5 heteroatoms. The summed E-state index contributed by atoms with van der Waals surface area (Å²) in [6, 6.07) is 18.5. The lowest BCUT2D eigenvalue weighted by molar-refractivity contribution is 0.270. The molecule has 3 aromatic rings. The van der Waals surface area contributed by atoms with E-state index in [1.54, 1.807) is 18.4 Å². The topological polar surface area (TPSA) is 54.4 Å². The van der Waals surface area contributed by atoms with Crippen LogP contribution in [0.1, 0.15) is 35.1 Å². The van der Waals surface area contributed by atoms with Crippen molar-refractivity contribution >= 4 is 16.5 Å². The molecule has 0 aliphatic rings. The average Bonchev–Trinajstić information content (AvgIpc) is 3.17. The van der Waals surface area contributed by atoms with Gasteiger partial charge in [0.25, 0.3) is 0 Å². The van der Waals surface area contributed by atoms with E-state index in [4.69, 9.17) is 9.72 Å². The van der Waals surface area contributed by atoms with Gasteiger partial charge in [0, 0.05) is 25.0 Å². The van der Waals surface area contributed by atoms with Crippen LogP contribution < -0.4 is 10.1 Å². The van der Waals surface area contributed by atoms with E-state index in [9.17, 15) is 5.11 Å². The monoisotopic (exact) mass is 368 g/mol. The van der Waals surface area contributed by atoms with Crippen LogP contribution in [0.5, 0.6) is 5.75 Å². The molecule has 0 radical (unpaired) electrons. The van der Waals surface area contributed by atoms with Crippen LogP contribution in [0.4, 0.5) is 5.13 Å². The van der Waals surface area contributed by atoms with E-state index < -0.39 is 0 Å². The Morgan fingerprint density at radius 2 is 1.81 bits per heavy atom. The maximum absolute atomic E-state index is 9.72. The van der Waals surface area contributed by atoms with Gasteiger partial charge in [-0.3, -0.25) is 0 Å². The third-order valence-corrected chi connectivity index (χ3v) is 5.48. The van der Waals surface area contributed by atoms with E-state index in [1.165, 1.54) is 11.1 Å². The molecule has 0 aliphatic heterocycles. The van der Waals surface area contributed by atoms with Gasteiger partial charge in [0.15, 0.2) is 5.13 Å². The highest BCUT2D eigenvalue weighted by Crippen LogP contribution is 2.41. The fourth-order valence-electron chi connectivity index (χ4n) is 3.33. The van der Waals surface area contributed by atoms with Gasteiger partial charge in [-0.05, 0) is 35.6 Å². The SMILES string of the molecule is CNc1nc(C(c2ccc(OC)cc2)C(CCO)c2ccccc2)cs1. The number of ether oxygens (including phenoxy) is 1. The molecule has 3 rings (SSSR count). The minimum absolute atomic E-state index is 0.0637. The molecule has 136 valence electrons. The first-order chi connectivity index (χ1) is 12.8. The molecule has 0 aliphatic carbocycles. The van der Waals surface area contributed by atoms with Crippen molar-refractivity contribution in [3.05, 3.63) is 76.8 Å².